The van der Waals surface area contributed by atoms with Crippen molar-refractivity contribution in [2.75, 3.05) is 5.73 Å². The Kier molecular flexibility index (Phi) is 2.68. The summed E-state index contributed by atoms with van der Waals surface area (Å²) in [5, 5.41) is 0. The van der Waals surface area contributed by atoms with Gasteiger partial charge in [-0.25, -0.2) is 0 Å². The molecule has 0 amide bonds. The fraction of sp³-hybridized carbons (Fsp3) is 0.154. The fourth-order valence-electron chi connectivity index (χ4n) is 1.60. The molecule has 1 aromatic heterocycles. The highest BCUT2D eigenvalue weighted by Gasteiger charge is 2.01. The number of benzene rings is 1. The van der Waals surface area contributed by atoms with Gasteiger partial charge in [0, 0.05) is 17.4 Å². The Hall–Kier alpha value is -1.83. The zero-order valence-electron chi connectivity index (χ0n) is 8.77. The lowest BCUT2D eigenvalue weighted by atomic mass is 10.0. The molecule has 0 atom stereocenters. The highest BCUT2D eigenvalue weighted by atomic mass is 14.7. The number of nitrogens with zero attached hydrogens (tertiary/aromatic N) is 1. The predicted molar refractivity (Wildman–Crippen MR) is 63.5 cm³/mol. The molecule has 2 aromatic rings. The van der Waals surface area contributed by atoms with E-state index in [1.165, 1.54) is 5.56 Å². The maximum absolute atomic E-state index is 5.86. The molecule has 76 valence electrons. The van der Waals surface area contributed by atoms with Crippen molar-refractivity contribution in [1.29, 1.82) is 0 Å². The van der Waals surface area contributed by atoms with Gasteiger partial charge in [-0.2, -0.15) is 0 Å². The minimum absolute atomic E-state index is 0.859. The minimum atomic E-state index is 0.859. The van der Waals surface area contributed by atoms with Crippen molar-refractivity contribution in [2.24, 2.45) is 0 Å². The molecule has 0 saturated heterocycles. The van der Waals surface area contributed by atoms with Gasteiger partial charge in [0.05, 0.1) is 5.69 Å². The van der Waals surface area contributed by atoms with Crippen LogP contribution in [0.3, 0.4) is 0 Å². The number of aromatic nitrogens is 1. The van der Waals surface area contributed by atoms with Crippen molar-refractivity contribution >= 4 is 5.69 Å². The lowest BCUT2D eigenvalue weighted by molar-refractivity contribution is 1.14. The Morgan fingerprint density at radius 2 is 2.07 bits per heavy atom. The second-order valence-corrected chi connectivity index (χ2v) is 3.48. The van der Waals surface area contributed by atoms with E-state index in [4.69, 9.17) is 5.73 Å². The van der Waals surface area contributed by atoms with Crippen LogP contribution in [-0.4, -0.2) is 4.98 Å². The van der Waals surface area contributed by atoms with E-state index in [1.54, 1.807) is 6.20 Å². The zero-order chi connectivity index (χ0) is 10.7. The molecule has 2 rings (SSSR count). The van der Waals surface area contributed by atoms with Crippen LogP contribution < -0.4 is 5.73 Å². The van der Waals surface area contributed by atoms with Crippen LogP contribution in [0.1, 0.15) is 12.5 Å². The van der Waals surface area contributed by atoms with Crippen LogP contribution in [0.25, 0.3) is 11.3 Å². The third kappa shape index (κ3) is 1.99. The molecule has 0 unspecified atom stereocenters. The van der Waals surface area contributed by atoms with Gasteiger partial charge in [0.2, 0.25) is 0 Å². The van der Waals surface area contributed by atoms with Crippen LogP contribution >= 0.6 is 0 Å². The van der Waals surface area contributed by atoms with E-state index in [1.807, 2.05) is 30.3 Å². The van der Waals surface area contributed by atoms with Crippen molar-refractivity contribution in [3.05, 3.63) is 48.2 Å². The average molecular weight is 198 g/mol. The molecule has 1 heterocycles. The smallest absolute Gasteiger partial charge is 0.0702 e. The fourth-order valence-corrected chi connectivity index (χ4v) is 1.60. The molecule has 0 fully saturated rings. The first-order valence-corrected chi connectivity index (χ1v) is 5.11. The Labute approximate surface area is 89.8 Å². The lowest BCUT2D eigenvalue weighted by Crippen LogP contribution is -1.93. The predicted octanol–water partition coefficient (Wildman–Crippen LogP) is 2.89. The van der Waals surface area contributed by atoms with E-state index in [0.717, 1.165) is 23.4 Å². The number of pyridine rings is 1. The van der Waals surface area contributed by atoms with Gasteiger partial charge >= 0.3 is 0 Å². The third-order valence-electron chi connectivity index (χ3n) is 2.48. The molecule has 2 nitrogen and oxygen atoms in total. The highest BCUT2D eigenvalue weighted by Crippen LogP contribution is 2.22. The van der Waals surface area contributed by atoms with E-state index in [2.05, 4.69) is 18.0 Å². The molecule has 2 N–H and O–H groups in total. The molecule has 0 aliphatic rings. The first kappa shape index (κ1) is 9.71. The standard InChI is InChI=1S/C13H14N2/c1-2-10-9-11(6-7-12(10)14)13-5-3-4-8-15-13/h3-9H,2,14H2,1H3. The molecule has 1 aromatic carbocycles. The Morgan fingerprint density at radius 1 is 1.20 bits per heavy atom. The summed E-state index contributed by atoms with van der Waals surface area (Å²) in [6, 6.07) is 12.0. The van der Waals surface area contributed by atoms with Crippen LogP contribution in [0.5, 0.6) is 0 Å². The molecule has 2 heteroatoms. The van der Waals surface area contributed by atoms with Gasteiger partial charge in [0.1, 0.15) is 0 Å². The highest BCUT2D eigenvalue weighted by molar-refractivity contribution is 5.64. The Morgan fingerprint density at radius 3 is 2.73 bits per heavy atom. The van der Waals surface area contributed by atoms with Gasteiger partial charge in [-0.05, 0) is 36.2 Å². The summed E-state index contributed by atoms with van der Waals surface area (Å²) in [6.45, 7) is 2.11. The molecule has 0 aliphatic carbocycles. The molecule has 15 heavy (non-hydrogen) atoms. The monoisotopic (exact) mass is 198 g/mol. The normalized spacial score (nSPS) is 10.2. The van der Waals surface area contributed by atoms with E-state index in [9.17, 15) is 0 Å². The Balaban J connectivity index is 2.46. The van der Waals surface area contributed by atoms with Crippen LogP contribution in [0.2, 0.25) is 0 Å². The Bertz CT molecular complexity index is 449. The largest absolute Gasteiger partial charge is 0.399 e. The molecule has 0 aliphatic heterocycles. The number of nitrogen functional groups attached to an aromatic ring is 1. The summed E-state index contributed by atoms with van der Waals surface area (Å²) in [4.78, 5) is 4.31. The van der Waals surface area contributed by atoms with Crippen LogP contribution in [0.4, 0.5) is 5.69 Å². The van der Waals surface area contributed by atoms with Crippen molar-refractivity contribution in [2.45, 2.75) is 13.3 Å². The molecular weight excluding hydrogens is 184 g/mol. The maximum Gasteiger partial charge on any atom is 0.0702 e. The van der Waals surface area contributed by atoms with Gasteiger partial charge in [-0.3, -0.25) is 4.98 Å². The molecular formula is C13H14N2. The molecule has 0 radical (unpaired) electrons. The van der Waals surface area contributed by atoms with Gasteiger partial charge < -0.3 is 5.73 Å². The first-order chi connectivity index (χ1) is 7.31. The quantitative estimate of drug-likeness (QED) is 0.753. The molecule has 0 spiro atoms. The van der Waals surface area contributed by atoms with E-state index in [-0.39, 0.29) is 0 Å². The van der Waals surface area contributed by atoms with Crippen molar-refractivity contribution < 1.29 is 0 Å². The van der Waals surface area contributed by atoms with Gasteiger partial charge in [0.15, 0.2) is 0 Å². The van der Waals surface area contributed by atoms with Gasteiger partial charge in [-0.15, -0.1) is 0 Å². The molecule has 0 saturated carbocycles. The van der Waals surface area contributed by atoms with Crippen molar-refractivity contribution in [3.8, 4) is 11.3 Å². The lowest BCUT2D eigenvalue weighted by Gasteiger charge is -2.06. The summed E-state index contributed by atoms with van der Waals surface area (Å²) >= 11 is 0. The second-order valence-electron chi connectivity index (χ2n) is 3.48. The second kappa shape index (κ2) is 4.13. The summed E-state index contributed by atoms with van der Waals surface area (Å²) in [5.74, 6) is 0. The number of nitrogens with two attached hydrogens (primary N) is 1. The van der Waals surface area contributed by atoms with E-state index < -0.39 is 0 Å². The summed E-state index contributed by atoms with van der Waals surface area (Å²) in [7, 11) is 0. The number of hydrogen-bond donors (Lipinski definition) is 1. The number of rotatable bonds is 2. The zero-order valence-corrected chi connectivity index (χ0v) is 8.77. The minimum Gasteiger partial charge on any atom is -0.399 e. The third-order valence-corrected chi connectivity index (χ3v) is 2.48. The summed E-state index contributed by atoms with van der Waals surface area (Å²) < 4.78 is 0. The number of aryl methyl sites for hydroxylation is 1. The number of anilines is 1. The van der Waals surface area contributed by atoms with E-state index in [0.29, 0.717) is 0 Å². The van der Waals surface area contributed by atoms with Gasteiger partial charge in [0.25, 0.3) is 0 Å². The first-order valence-electron chi connectivity index (χ1n) is 5.11. The maximum atomic E-state index is 5.86. The van der Waals surface area contributed by atoms with E-state index >= 15 is 0 Å². The van der Waals surface area contributed by atoms with Crippen LogP contribution in [-0.2, 0) is 6.42 Å². The van der Waals surface area contributed by atoms with Crippen LogP contribution in [0.15, 0.2) is 42.6 Å². The number of hydrogen-bond acceptors (Lipinski definition) is 2. The van der Waals surface area contributed by atoms with Crippen molar-refractivity contribution in [1.82, 2.24) is 4.98 Å². The van der Waals surface area contributed by atoms with Gasteiger partial charge in [-0.1, -0.05) is 19.1 Å². The summed E-state index contributed by atoms with van der Waals surface area (Å²) in [5.41, 5.74) is 10.0. The SMILES string of the molecule is CCc1cc(-c2ccccn2)ccc1N. The molecule has 0 bridgehead atoms. The summed E-state index contributed by atoms with van der Waals surface area (Å²) in [6.07, 6.45) is 2.75. The topological polar surface area (TPSA) is 38.9 Å². The van der Waals surface area contributed by atoms with Crippen LogP contribution in [0, 0.1) is 0 Å². The van der Waals surface area contributed by atoms with Crippen molar-refractivity contribution in [3.63, 3.8) is 0 Å². The average Bonchev–Trinajstić information content (AvgIpc) is 2.31.